The number of carbonyl (C=O) groups is 2. The molecule has 0 saturated heterocycles. The van der Waals surface area contributed by atoms with Crippen LogP contribution in [-0.2, 0) is 0 Å². The molecule has 0 aliphatic heterocycles. The van der Waals surface area contributed by atoms with E-state index in [1.54, 1.807) is 36.0 Å². The summed E-state index contributed by atoms with van der Waals surface area (Å²) in [6.45, 7) is 1.83. The summed E-state index contributed by atoms with van der Waals surface area (Å²) >= 11 is 3.40. The van der Waals surface area contributed by atoms with Gasteiger partial charge in [-0.25, -0.2) is 4.68 Å². The molecule has 132 valence electrons. The highest BCUT2D eigenvalue weighted by Gasteiger charge is 2.18. The molecule has 2 N–H and O–H groups in total. The van der Waals surface area contributed by atoms with Crippen molar-refractivity contribution in [1.29, 1.82) is 0 Å². The van der Waals surface area contributed by atoms with Crippen LogP contribution in [0.1, 0.15) is 26.4 Å². The summed E-state index contributed by atoms with van der Waals surface area (Å²) in [6.07, 6.45) is 1.52. The standard InChI is InChI=1S/C19H17BrN4O2/c1-12-16(11-22-24(12)14-9-7-13(20)8-10-14)19(26)23-17-6-4-3-5-15(17)18(25)21-2/h3-11H,1-2H3,(H,21,25)(H,23,26). The van der Waals surface area contributed by atoms with Gasteiger partial charge in [0.2, 0.25) is 0 Å². The van der Waals surface area contributed by atoms with Gasteiger partial charge in [-0.3, -0.25) is 9.59 Å². The minimum atomic E-state index is -0.317. The first kappa shape index (κ1) is 17.9. The zero-order chi connectivity index (χ0) is 18.7. The van der Waals surface area contributed by atoms with E-state index in [0.29, 0.717) is 22.5 Å². The predicted octanol–water partition coefficient (Wildman–Crippen LogP) is 3.56. The molecule has 0 aliphatic rings. The molecule has 0 aliphatic carbocycles. The van der Waals surface area contributed by atoms with Crippen LogP contribution in [0.15, 0.2) is 59.2 Å². The summed E-state index contributed by atoms with van der Waals surface area (Å²) in [5.74, 6) is -0.578. The molecule has 2 aromatic carbocycles. The van der Waals surface area contributed by atoms with E-state index in [2.05, 4.69) is 31.7 Å². The lowest BCUT2D eigenvalue weighted by molar-refractivity contribution is 0.0964. The zero-order valence-electron chi connectivity index (χ0n) is 14.3. The number of nitrogens with one attached hydrogen (secondary N) is 2. The maximum atomic E-state index is 12.7. The molecule has 3 rings (SSSR count). The number of rotatable bonds is 4. The number of aromatic nitrogens is 2. The van der Waals surface area contributed by atoms with Crippen molar-refractivity contribution in [3.8, 4) is 5.69 Å². The fourth-order valence-corrected chi connectivity index (χ4v) is 2.85. The van der Waals surface area contributed by atoms with Gasteiger partial charge in [0.25, 0.3) is 11.8 Å². The lowest BCUT2D eigenvalue weighted by atomic mass is 10.1. The van der Waals surface area contributed by atoms with E-state index in [4.69, 9.17) is 0 Å². The third-order valence-corrected chi connectivity index (χ3v) is 4.50. The number of halogens is 1. The molecule has 0 saturated carbocycles. The largest absolute Gasteiger partial charge is 0.355 e. The number of hydrogen-bond donors (Lipinski definition) is 2. The van der Waals surface area contributed by atoms with Gasteiger partial charge in [0.15, 0.2) is 0 Å². The third-order valence-electron chi connectivity index (χ3n) is 3.97. The monoisotopic (exact) mass is 412 g/mol. The highest BCUT2D eigenvalue weighted by Crippen LogP contribution is 2.20. The molecule has 0 unspecified atom stereocenters. The minimum Gasteiger partial charge on any atom is -0.355 e. The van der Waals surface area contributed by atoms with E-state index >= 15 is 0 Å². The topological polar surface area (TPSA) is 76.0 Å². The summed E-state index contributed by atoms with van der Waals surface area (Å²) in [5.41, 5.74) is 2.87. The van der Waals surface area contributed by atoms with E-state index in [1.807, 2.05) is 31.2 Å². The number of benzene rings is 2. The van der Waals surface area contributed by atoms with Gasteiger partial charge in [-0.1, -0.05) is 28.1 Å². The Morgan fingerprint density at radius 1 is 1.00 bits per heavy atom. The van der Waals surface area contributed by atoms with Gasteiger partial charge in [0.05, 0.1) is 34.4 Å². The van der Waals surface area contributed by atoms with Gasteiger partial charge >= 0.3 is 0 Å². The van der Waals surface area contributed by atoms with Crippen molar-refractivity contribution < 1.29 is 9.59 Å². The number of anilines is 1. The predicted molar refractivity (Wildman–Crippen MR) is 104 cm³/mol. The van der Waals surface area contributed by atoms with E-state index < -0.39 is 0 Å². The highest BCUT2D eigenvalue weighted by molar-refractivity contribution is 9.10. The van der Waals surface area contributed by atoms with Crippen LogP contribution in [-0.4, -0.2) is 28.6 Å². The Balaban J connectivity index is 1.88. The van der Waals surface area contributed by atoms with Gasteiger partial charge in [-0.15, -0.1) is 0 Å². The molecular weight excluding hydrogens is 396 g/mol. The van der Waals surface area contributed by atoms with E-state index in [9.17, 15) is 9.59 Å². The Morgan fingerprint density at radius 2 is 1.69 bits per heavy atom. The van der Waals surface area contributed by atoms with Gasteiger partial charge in [-0.05, 0) is 43.3 Å². The van der Waals surface area contributed by atoms with Crippen molar-refractivity contribution in [2.45, 2.75) is 6.92 Å². The van der Waals surface area contributed by atoms with Crippen LogP contribution in [0.2, 0.25) is 0 Å². The molecule has 0 fully saturated rings. The van der Waals surface area contributed by atoms with Crippen molar-refractivity contribution in [2.75, 3.05) is 12.4 Å². The van der Waals surface area contributed by atoms with Crippen molar-refractivity contribution >= 4 is 33.4 Å². The number of hydrogen-bond acceptors (Lipinski definition) is 3. The molecular formula is C19H17BrN4O2. The lowest BCUT2D eigenvalue weighted by Crippen LogP contribution is -2.21. The third kappa shape index (κ3) is 3.52. The smallest absolute Gasteiger partial charge is 0.259 e. The normalized spacial score (nSPS) is 10.4. The van der Waals surface area contributed by atoms with Crippen molar-refractivity contribution in [2.24, 2.45) is 0 Å². The highest BCUT2D eigenvalue weighted by atomic mass is 79.9. The van der Waals surface area contributed by atoms with Crippen molar-refractivity contribution in [1.82, 2.24) is 15.1 Å². The van der Waals surface area contributed by atoms with Crippen molar-refractivity contribution in [3.05, 3.63) is 76.0 Å². The summed E-state index contributed by atoms with van der Waals surface area (Å²) in [6, 6.07) is 14.5. The van der Waals surface area contributed by atoms with Crippen LogP contribution in [0.3, 0.4) is 0 Å². The fourth-order valence-electron chi connectivity index (χ4n) is 2.59. The molecule has 3 aromatic rings. The van der Waals surface area contributed by atoms with Gasteiger partial charge < -0.3 is 10.6 Å². The van der Waals surface area contributed by atoms with Crippen LogP contribution in [0.25, 0.3) is 5.69 Å². The summed E-state index contributed by atoms with van der Waals surface area (Å²) in [4.78, 5) is 24.6. The summed E-state index contributed by atoms with van der Waals surface area (Å²) in [5, 5.41) is 9.68. The van der Waals surface area contributed by atoms with Crippen molar-refractivity contribution in [3.63, 3.8) is 0 Å². The Hall–Kier alpha value is -2.93. The van der Waals surface area contributed by atoms with Gasteiger partial charge in [0, 0.05) is 11.5 Å². The number of para-hydroxylation sites is 1. The molecule has 0 atom stereocenters. The Bertz CT molecular complexity index is 964. The molecule has 1 heterocycles. The molecule has 1 aromatic heterocycles. The Labute approximate surface area is 159 Å². The second-order valence-corrected chi connectivity index (χ2v) is 6.53. The quantitative estimate of drug-likeness (QED) is 0.687. The molecule has 7 heteroatoms. The second kappa shape index (κ2) is 7.53. The molecule has 0 spiro atoms. The van der Waals surface area contributed by atoms with Crippen LogP contribution in [0, 0.1) is 6.92 Å². The lowest BCUT2D eigenvalue weighted by Gasteiger charge is -2.10. The first-order valence-electron chi connectivity index (χ1n) is 7.94. The minimum absolute atomic E-state index is 0.261. The summed E-state index contributed by atoms with van der Waals surface area (Å²) < 4.78 is 2.67. The SMILES string of the molecule is CNC(=O)c1ccccc1NC(=O)c1cnn(-c2ccc(Br)cc2)c1C. The first-order chi connectivity index (χ1) is 12.5. The van der Waals surface area contributed by atoms with Gasteiger partial charge in [0.1, 0.15) is 0 Å². The maximum Gasteiger partial charge on any atom is 0.259 e. The van der Waals surface area contributed by atoms with Crippen LogP contribution < -0.4 is 10.6 Å². The fraction of sp³-hybridized carbons (Fsp3) is 0.105. The average Bonchev–Trinajstić information content (AvgIpc) is 3.04. The molecule has 0 bridgehead atoms. The van der Waals surface area contributed by atoms with Crippen LogP contribution in [0.4, 0.5) is 5.69 Å². The Kier molecular flexibility index (Phi) is 5.18. The summed E-state index contributed by atoms with van der Waals surface area (Å²) in [7, 11) is 1.55. The number of nitrogens with zero attached hydrogens (tertiary/aromatic N) is 2. The van der Waals surface area contributed by atoms with Crippen LogP contribution >= 0.6 is 15.9 Å². The molecule has 26 heavy (non-hydrogen) atoms. The van der Waals surface area contributed by atoms with E-state index in [1.165, 1.54) is 6.20 Å². The number of amides is 2. The molecule has 0 radical (unpaired) electrons. The average molecular weight is 413 g/mol. The Morgan fingerprint density at radius 3 is 2.38 bits per heavy atom. The van der Waals surface area contributed by atoms with Gasteiger partial charge in [-0.2, -0.15) is 5.10 Å². The first-order valence-corrected chi connectivity index (χ1v) is 8.73. The molecule has 2 amide bonds. The zero-order valence-corrected chi connectivity index (χ0v) is 15.9. The number of carbonyl (C=O) groups excluding carboxylic acids is 2. The second-order valence-electron chi connectivity index (χ2n) is 5.61. The van der Waals surface area contributed by atoms with E-state index in [-0.39, 0.29) is 11.8 Å². The van der Waals surface area contributed by atoms with E-state index in [0.717, 1.165) is 10.2 Å². The maximum absolute atomic E-state index is 12.7. The van der Waals surface area contributed by atoms with Crippen LogP contribution in [0.5, 0.6) is 0 Å². The molecule has 6 nitrogen and oxygen atoms in total.